The van der Waals surface area contributed by atoms with E-state index in [-0.39, 0.29) is 30.0 Å². The Morgan fingerprint density at radius 1 is 1.48 bits per heavy atom. The second-order valence-electron chi connectivity index (χ2n) is 5.65. The maximum atomic E-state index is 12.3. The van der Waals surface area contributed by atoms with Gasteiger partial charge in [0.2, 0.25) is 5.91 Å². The number of aromatic nitrogens is 1. The zero-order valence-electron chi connectivity index (χ0n) is 13.0. The molecule has 1 aromatic heterocycles. The molecule has 2 atom stereocenters. The molecule has 2 heterocycles. The lowest BCUT2D eigenvalue weighted by molar-refractivity contribution is -0.134. The van der Waals surface area contributed by atoms with E-state index in [1.165, 1.54) is 0 Å². The minimum absolute atomic E-state index is 0.000370. The van der Waals surface area contributed by atoms with Crippen LogP contribution in [-0.2, 0) is 23.1 Å². The Bertz CT molecular complexity index is 565. The van der Waals surface area contributed by atoms with Crippen LogP contribution in [-0.4, -0.2) is 23.2 Å². The standard InChI is InChI=1S/C16H24N2O3/c1-4-14-13(6-5-9-21-14)15(19)17-10-12-8-7-11(2)18(3)16(12)20/h7-8,13-14H,4-6,9-10H2,1-3H3,(H,17,19)/t13-,14-/m1/s1. The van der Waals surface area contributed by atoms with Crippen molar-refractivity contribution in [2.75, 3.05) is 6.61 Å². The lowest BCUT2D eigenvalue weighted by Gasteiger charge is -2.30. The molecule has 1 saturated heterocycles. The smallest absolute Gasteiger partial charge is 0.255 e. The Balaban J connectivity index is 2.01. The number of carbonyl (C=O) groups excluding carboxylic acids is 1. The van der Waals surface area contributed by atoms with Crippen molar-refractivity contribution in [3.63, 3.8) is 0 Å². The Labute approximate surface area is 125 Å². The molecule has 0 saturated carbocycles. The maximum Gasteiger partial charge on any atom is 0.255 e. The molecule has 5 nitrogen and oxygen atoms in total. The first-order chi connectivity index (χ1) is 10.0. The van der Waals surface area contributed by atoms with Crippen LogP contribution < -0.4 is 10.9 Å². The summed E-state index contributed by atoms with van der Waals surface area (Å²) >= 11 is 0. The van der Waals surface area contributed by atoms with Gasteiger partial charge in [0, 0.05) is 31.5 Å². The van der Waals surface area contributed by atoms with Gasteiger partial charge in [-0.2, -0.15) is 0 Å². The summed E-state index contributed by atoms with van der Waals surface area (Å²) in [6.07, 6.45) is 2.61. The molecule has 1 aromatic rings. The van der Waals surface area contributed by atoms with E-state index < -0.39 is 0 Å². The van der Waals surface area contributed by atoms with Crippen molar-refractivity contribution >= 4 is 5.91 Å². The summed E-state index contributed by atoms with van der Waals surface area (Å²) in [7, 11) is 1.74. The van der Waals surface area contributed by atoms with Gasteiger partial charge in [-0.3, -0.25) is 9.59 Å². The van der Waals surface area contributed by atoms with E-state index in [4.69, 9.17) is 4.74 Å². The fourth-order valence-corrected chi connectivity index (χ4v) is 2.77. The lowest BCUT2D eigenvalue weighted by atomic mass is 9.92. The van der Waals surface area contributed by atoms with Gasteiger partial charge < -0.3 is 14.6 Å². The van der Waals surface area contributed by atoms with Crippen LogP contribution in [0.3, 0.4) is 0 Å². The third-order valence-electron chi connectivity index (χ3n) is 4.27. The van der Waals surface area contributed by atoms with Gasteiger partial charge in [-0.15, -0.1) is 0 Å². The molecule has 0 unspecified atom stereocenters. The highest BCUT2D eigenvalue weighted by molar-refractivity contribution is 5.79. The Kier molecular flexibility index (Phi) is 5.17. The summed E-state index contributed by atoms with van der Waals surface area (Å²) < 4.78 is 7.24. The van der Waals surface area contributed by atoms with E-state index in [0.717, 1.165) is 31.6 Å². The van der Waals surface area contributed by atoms with Crippen molar-refractivity contribution < 1.29 is 9.53 Å². The second-order valence-corrected chi connectivity index (χ2v) is 5.65. The molecule has 0 spiro atoms. The topological polar surface area (TPSA) is 60.3 Å². The molecule has 5 heteroatoms. The zero-order valence-corrected chi connectivity index (χ0v) is 13.0. The first kappa shape index (κ1) is 15.8. The van der Waals surface area contributed by atoms with Gasteiger partial charge in [0.25, 0.3) is 5.56 Å². The fraction of sp³-hybridized carbons (Fsp3) is 0.625. The van der Waals surface area contributed by atoms with Gasteiger partial charge >= 0.3 is 0 Å². The van der Waals surface area contributed by atoms with Crippen molar-refractivity contribution in [3.8, 4) is 0 Å². The van der Waals surface area contributed by atoms with Gasteiger partial charge in [0.05, 0.1) is 12.0 Å². The Morgan fingerprint density at radius 3 is 2.95 bits per heavy atom. The van der Waals surface area contributed by atoms with Crippen molar-refractivity contribution in [1.82, 2.24) is 9.88 Å². The van der Waals surface area contributed by atoms with Crippen LogP contribution in [0.2, 0.25) is 0 Å². The van der Waals surface area contributed by atoms with Crippen molar-refractivity contribution in [1.29, 1.82) is 0 Å². The Morgan fingerprint density at radius 2 is 2.24 bits per heavy atom. The highest BCUT2D eigenvalue weighted by Crippen LogP contribution is 2.23. The van der Waals surface area contributed by atoms with Gasteiger partial charge in [0.1, 0.15) is 0 Å². The maximum absolute atomic E-state index is 12.3. The van der Waals surface area contributed by atoms with E-state index in [9.17, 15) is 9.59 Å². The van der Waals surface area contributed by atoms with E-state index in [2.05, 4.69) is 5.32 Å². The van der Waals surface area contributed by atoms with Gasteiger partial charge in [-0.05, 0) is 32.3 Å². The molecule has 0 aliphatic carbocycles. The monoisotopic (exact) mass is 292 g/mol. The van der Waals surface area contributed by atoms with Gasteiger partial charge in [-0.25, -0.2) is 0 Å². The number of carbonyl (C=O) groups is 1. The number of nitrogens with zero attached hydrogens (tertiary/aromatic N) is 1. The summed E-state index contributed by atoms with van der Waals surface area (Å²) in [4.78, 5) is 24.4. The SMILES string of the molecule is CC[C@H]1OCCC[C@H]1C(=O)NCc1ccc(C)n(C)c1=O. The summed E-state index contributed by atoms with van der Waals surface area (Å²) in [5.74, 6) is -0.109. The van der Waals surface area contributed by atoms with Crippen LogP contribution in [0, 0.1) is 12.8 Å². The number of hydrogen-bond acceptors (Lipinski definition) is 3. The molecule has 1 aliphatic heterocycles. The molecule has 1 aliphatic rings. The van der Waals surface area contributed by atoms with Crippen molar-refractivity contribution in [3.05, 3.63) is 33.7 Å². The zero-order chi connectivity index (χ0) is 15.4. The van der Waals surface area contributed by atoms with E-state index >= 15 is 0 Å². The van der Waals surface area contributed by atoms with Gasteiger partial charge in [0.15, 0.2) is 0 Å². The van der Waals surface area contributed by atoms with Crippen molar-refractivity contribution in [2.45, 2.75) is 45.8 Å². The number of rotatable bonds is 4. The molecule has 0 aromatic carbocycles. The molecule has 1 amide bonds. The van der Waals surface area contributed by atoms with Crippen LogP contribution in [0.5, 0.6) is 0 Å². The van der Waals surface area contributed by atoms with Crippen LogP contribution >= 0.6 is 0 Å². The summed E-state index contributed by atoms with van der Waals surface area (Å²) in [6.45, 7) is 4.93. The van der Waals surface area contributed by atoms with E-state index in [0.29, 0.717) is 5.56 Å². The van der Waals surface area contributed by atoms with Gasteiger partial charge in [-0.1, -0.05) is 13.0 Å². The molecule has 0 bridgehead atoms. The van der Waals surface area contributed by atoms with E-state index in [1.54, 1.807) is 17.7 Å². The first-order valence-electron chi connectivity index (χ1n) is 7.59. The number of amides is 1. The second kappa shape index (κ2) is 6.89. The molecule has 0 radical (unpaired) electrons. The van der Waals surface area contributed by atoms with E-state index in [1.807, 2.05) is 19.9 Å². The predicted octanol–water partition coefficient (Wildman–Crippen LogP) is 1.52. The highest BCUT2D eigenvalue weighted by atomic mass is 16.5. The van der Waals surface area contributed by atoms with Crippen molar-refractivity contribution in [2.24, 2.45) is 13.0 Å². The largest absolute Gasteiger partial charge is 0.377 e. The quantitative estimate of drug-likeness (QED) is 0.915. The van der Waals surface area contributed by atoms with Crippen LogP contribution in [0.1, 0.15) is 37.4 Å². The molecule has 1 fully saturated rings. The van der Waals surface area contributed by atoms with Crippen LogP contribution in [0.15, 0.2) is 16.9 Å². The number of ether oxygens (including phenoxy) is 1. The number of pyridine rings is 1. The fourth-order valence-electron chi connectivity index (χ4n) is 2.77. The highest BCUT2D eigenvalue weighted by Gasteiger charge is 2.30. The minimum atomic E-state index is -0.0990. The lowest BCUT2D eigenvalue weighted by Crippen LogP contribution is -2.41. The predicted molar refractivity (Wildman–Crippen MR) is 81.0 cm³/mol. The summed E-state index contributed by atoms with van der Waals surface area (Å²) in [5, 5.41) is 2.89. The molecule has 116 valence electrons. The first-order valence-corrected chi connectivity index (χ1v) is 7.59. The van der Waals surface area contributed by atoms with Crippen LogP contribution in [0.4, 0.5) is 0 Å². The molecular formula is C16H24N2O3. The Hall–Kier alpha value is -1.62. The average Bonchev–Trinajstić information content (AvgIpc) is 2.51. The number of nitrogens with one attached hydrogen (secondary N) is 1. The molecule has 2 rings (SSSR count). The summed E-state index contributed by atoms with van der Waals surface area (Å²) in [6, 6.07) is 3.67. The summed E-state index contributed by atoms with van der Waals surface area (Å²) in [5.41, 5.74) is 1.46. The number of aryl methyl sites for hydroxylation is 1. The minimum Gasteiger partial charge on any atom is -0.377 e. The average molecular weight is 292 g/mol. The third-order valence-corrected chi connectivity index (χ3v) is 4.27. The van der Waals surface area contributed by atoms with Crippen LogP contribution in [0.25, 0.3) is 0 Å². The molecular weight excluding hydrogens is 268 g/mol. The normalized spacial score (nSPS) is 22.0. The third kappa shape index (κ3) is 3.53. The number of hydrogen-bond donors (Lipinski definition) is 1. The molecule has 1 N–H and O–H groups in total. The molecule has 21 heavy (non-hydrogen) atoms.